The summed E-state index contributed by atoms with van der Waals surface area (Å²) in [6, 6.07) is 8.45. The van der Waals surface area contributed by atoms with Crippen LogP contribution in [0.2, 0.25) is 0 Å². The van der Waals surface area contributed by atoms with Crippen molar-refractivity contribution in [2.45, 2.75) is 51.9 Å². The Hall–Kier alpha value is 0.402. The Bertz CT molecular complexity index is 369. The molecule has 0 spiro atoms. The van der Waals surface area contributed by atoms with Gasteiger partial charge in [-0.15, -0.1) is 0 Å². The third-order valence-corrected chi connectivity index (χ3v) is 6.20. The van der Waals surface area contributed by atoms with Crippen LogP contribution in [0.15, 0.2) is 24.3 Å². The summed E-state index contributed by atoms with van der Waals surface area (Å²) in [6.45, 7) is 14.0. The van der Waals surface area contributed by atoms with Crippen molar-refractivity contribution in [2.24, 2.45) is 0 Å². The number of hydrogen-bond acceptors (Lipinski definition) is 1. The van der Waals surface area contributed by atoms with Crippen molar-refractivity contribution in [3.8, 4) is 5.75 Å². The van der Waals surface area contributed by atoms with Gasteiger partial charge in [0.15, 0.2) is 0 Å². The third-order valence-electron chi connectivity index (χ3n) is 2.67. The first-order chi connectivity index (χ1) is 8.68. The van der Waals surface area contributed by atoms with Gasteiger partial charge >= 0.3 is 27.7 Å². The van der Waals surface area contributed by atoms with Gasteiger partial charge in [0, 0.05) is 5.30 Å². The molecule has 1 aromatic carbocycles. The first-order valence-electron chi connectivity index (χ1n) is 6.23. The summed E-state index contributed by atoms with van der Waals surface area (Å²) in [6.07, 6.45) is 0. The van der Waals surface area contributed by atoms with Crippen LogP contribution in [0.5, 0.6) is 5.75 Å². The molecular formula is C16H28ClOPPd. The second kappa shape index (κ2) is 9.43. The van der Waals surface area contributed by atoms with Crippen molar-refractivity contribution >= 4 is 22.8 Å². The third kappa shape index (κ3) is 6.45. The molecule has 0 saturated heterocycles. The van der Waals surface area contributed by atoms with Gasteiger partial charge in [0.1, 0.15) is 5.75 Å². The second-order valence-corrected chi connectivity index (χ2v) is 10.2. The minimum absolute atomic E-state index is 0. The predicted octanol–water partition coefficient (Wildman–Crippen LogP) is 5.54. The Morgan fingerprint density at radius 1 is 0.950 bits per heavy atom. The number of ether oxygens (including phenoxy) is 1. The number of halogens is 1. The van der Waals surface area contributed by atoms with Gasteiger partial charge < -0.3 is 12.2 Å². The molecule has 0 aliphatic rings. The topological polar surface area (TPSA) is 9.23 Å². The molecule has 0 N–H and O–H groups in total. The number of para-hydroxylation sites is 1. The Labute approximate surface area is 142 Å². The van der Waals surface area contributed by atoms with E-state index >= 15 is 0 Å². The van der Waals surface area contributed by atoms with Crippen LogP contribution in [0.3, 0.4) is 0 Å². The second-order valence-electron chi connectivity index (χ2n) is 6.35. The first kappa shape index (κ1) is 22.7. The number of methoxy groups -OCH3 is 1. The van der Waals surface area contributed by atoms with Crippen molar-refractivity contribution < 1.29 is 22.9 Å². The van der Waals surface area contributed by atoms with Crippen LogP contribution in [-0.4, -0.2) is 17.4 Å². The maximum atomic E-state index is 5.53. The quantitative estimate of drug-likeness (QED) is 0.354. The van der Waals surface area contributed by atoms with Gasteiger partial charge in [0.05, 0.1) is 7.11 Å². The molecule has 4 heteroatoms. The van der Waals surface area contributed by atoms with Crippen molar-refractivity contribution in [3.63, 3.8) is 0 Å². The summed E-state index contributed by atoms with van der Waals surface area (Å²) in [5.41, 5.74) is 0. The van der Waals surface area contributed by atoms with Gasteiger partial charge in [0.2, 0.25) is 0 Å². The fraction of sp³-hybridized carbons (Fsp3) is 0.562. The van der Waals surface area contributed by atoms with E-state index in [-0.39, 0.29) is 25.7 Å². The molecule has 120 valence electrons. The molecule has 0 heterocycles. The molecule has 0 aromatic heterocycles. The van der Waals surface area contributed by atoms with Crippen LogP contribution in [0.25, 0.3) is 0 Å². The van der Waals surface area contributed by atoms with E-state index in [1.165, 1.54) is 5.30 Å². The summed E-state index contributed by atoms with van der Waals surface area (Å²) < 4.78 is 5.53. The average Bonchev–Trinajstić information content (AvgIpc) is 2.28. The molecule has 1 rings (SSSR count). The van der Waals surface area contributed by atoms with Crippen LogP contribution in [0, 0.1) is 7.43 Å². The normalized spacial score (nSPS) is 11.3. The van der Waals surface area contributed by atoms with Crippen LogP contribution < -0.4 is 10.0 Å². The summed E-state index contributed by atoms with van der Waals surface area (Å²) in [5, 5.41) is 1.94. The molecule has 0 bridgehead atoms. The zero-order valence-electron chi connectivity index (χ0n) is 13.9. The molecular weight excluding hydrogens is 381 g/mol. The summed E-state index contributed by atoms with van der Waals surface area (Å²) in [7, 11) is 5.96. The maximum absolute atomic E-state index is 5.53. The van der Waals surface area contributed by atoms with Crippen molar-refractivity contribution in [1.29, 1.82) is 0 Å². The minimum atomic E-state index is -0.289. The van der Waals surface area contributed by atoms with E-state index in [9.17, 15) is 0 Å². The van der Waals surface area contributed by atoms with E-state index in [1.54, 1.807) is 7.11 Å². The van der Waals surface area contributed by atoms with Gasteiger partial charge in [-0.1, -0.05) is 67.7 Å². The predicted molar refractivity (Wildman–Crippen MR) is 91.3 cm³/mol. The number of hydrogen-bond donors (Lipinski definition) is 0. The van der Waals surface area contributed by atoms with E-state index in [1.807, 2.05) is 6.07 Å². The molecule has 0 amide bonds. The average molecular weight is 409 g/mol. The van der Waals surface area contributed by atoms with E-state index in [0.717, 1.165) is 5.75 Å². The fourth-order valence-corrected chi connectivity index (χ4v) is 6.62. The van der Waals surface area contributed by atoms with E-state index in [2.05, 4.69) is 87.5 Å². The fourth-order valence-electron chi connectivity index (χ4n) is 2.54. The van der Waals surface area contributed by atoms with Gasteiger partial charge in [-0.3, -0.25) is 0 Å². The molecule has 0 aliphatic carbocycles. The number of rotatable bonds is 2. The molecule has 0 aliphatic heterocycles. The molecule has 0 unspecified atom stereocenters. The summed E-state index contributed by atoms with van der Waals surface area (Å²) >= 11 is 2.22. The van der Waals surface area contributed by atoms with Crippen LogP contribution in [0.1, 0.15) is 41.5 Å². The molecule has 1 nitrogen and oxygen atoms in total. The molecule has 0 fully saturated rings. The van der Waals surface area contributed by atoms with Gasteiger partial charge in [-0.2, -0.15) is 0 Å². The van der Waals surface area contributed by atoms with Crippen LogP contribution in [0.4, 0.5) is 0 Å². The van der Waals surface area contributed by atoms with Crippen molar-refractivity contribution in [1.82, 2.24) is 0 Å². The Morgan fingerprint density at radius 2 is 1.35 bits per heavy atom. The summed E-state index contributed by atoms with van der Waals surface area (Å²) in [4.78, 5) is 0. The monoisotopic (exact) mass is 408 g/mol. The molecule has 20 heavy (non-hydrogen) atoms. The molecule has 0 radical (unpaired) electrons. The number of benzene rings is 1. The first-order valence-corrected chi connectivity index (χ1v) is 9.57. The van der Waals surface area contributed by atoms with Crippen molar-refractivity contribution in [3.05, 3.63) is 31.7 Å². The van der Waals surface area contributed by atoms with Gasteiger partial charge in [0.25, 0.3) is 0 Å². The van der Waals surface area contributed by atoms with E-state index < -0.39 is 0 Å². The van der Waals surface area contributed by atoms with Gasteiger partial charge in [-0.05, 0) is 16.4 Å². The Kier molecular flexibility index (Phi) is 10.7. The molecule has 0 atom stereocenters. The Morgan fingerprint density at radius 3 is 1.70 bits per heavy atom. The standard InChI is InChI=1S/C15H25OP.CH3.ClH.Pd/c1-14(2,3)17(15(4,5)6)13-11-9-8-10-12(13)16-7;;;/h8-11H,1-7H3;1H3;1H;/q;-1;;+2/p-1. The molecule has 1 aromatic rings. The van der Waals surface area contributed by atoms with Crippen LogP contribution >= 0.6 is 17.5 Å². The van der Waals surface area contributed by atoms with Crippen LogP contribution in [-0.2, 0) is 18.2 Å². The molecule has 0 saturated carbocycles. The van der Waals surface area contributed by atoms with E-state index in [4.69, 9.17) is 4.74 Å². The summed E-state index contributed by atoms with van der Waals surface area (Å²) in [5.74, 6) is 1.03. The van der Waals surface area contributed by atoms with E-state index in [0.29, 0.717) is 0 Å². The zero-order valence-corrected chi connectivity index (χ0v) is 17.1. The SMILES string of the molecule is COc1ccccc1P(C(C)(C)C)C(C)(C)C.[CH3-].[Cl][Pd+]. The Balaban J connectivity index is 0. The van der Waals surface area contributed by atoms with Gasteiger partial charge in [-0.25, -0.2) is 0 Å². The zero-order chi connectivity index (χ0) is 15.3. The van der Waals surface area contributed by atoms with Crippen molar-refractivity contribution in [2.75, 3.05) is 7.11 Å².